The lowest BCUT2D eigenvalue weighted by atomic mass is 10.0. The van der Waals surface area contributed by atoms with Gasteiger partial charge in [-0.1, -0.05) is 6.07 Å². The largest absolute Gasteiger partial charge is 0.381 e. The number of nitrogens with zero attached hydrogens (tertiary/aromatic N) is 4. The molecule has 0 radical (unpaired) electrons. The number of aliphatic imine (C=N–C) groups is 1. The van der Waals surface area contributed by atoms with Gasteiger partial charge < -0.3 is 20.1 Å². The number of guanidine groups is 1. The maximum atomic E-state index is 5.82. The molecule has 1 fully saturated rings. The van der Waals surface area contributed by atoms with E-state index in [1.54, 1.807) is 12.5 Å². The van der Waals surface area contributed by atoms with E-state index in [9.17, 15) is 0 Å². The van der Waals surface area contributed by atoms with Gasteiger partial charge in [0.05, 0.1) is 6.54 Å². The van der Waals surface area contributed by atoms with Gasteiger partial charge in [-0.15, -0.1) is 0 Å². The topological polar surface area (TPSA) is 85.6 Å². The van der Waals surface area contributed by atoms with Crippen molar-refractivity contribution < 1.29 is 9.47 Å². The average molecular weight is 401 g/mol. The van der Waals surface area contributed by atoms with Crippen molar-refractivity contribution in [2.45, 2.75) is 32.7 Å². The van der Waals surface area contributed by atoms with Crippen LogP contribution < -0.4 is 10.6 Å². The predicted octanol–water partition coefficient (Wildman–Crippen LogP) is 2.16. The minimum absolute atomic E-state index is 0.576. The van der Waals surface area contributed by atoms with Crippen LogP contribution in [0.25, 0.3) is 5.82 Å². The van der Waals surface area contributed by atoms with Gasteiger partial charge in [0.2, 0.25) is 0 Å². The number of aromatic nitrogens is 3. The zero-order valence-corrected chi connectivity index (χ0v) is 17.2. The molecule has 0 saturated carbocycles. The molecule has 0 bridgehead atoms. The molecule has 2 aromatic heterocycles. The van der Waals surface area contributed by atoms with E-state index < -0.39 is 0 Å². The fourth-order valence-electron chi connectivity index (χ4n) is 3.11. The molecule has 1 aliphatic rings. The van der Waals surface area contributed by atoms with Gasteiger partial charge in [0, 0.05) is 58.1 Å². The Hall–Kier alpha value is -2.45. The van der Waals surface area contributed by atoms with Gasteiger partial charge in [-0.2, -0.15) is 0 Å². The van der Waals surface area contributed by atoms with Gasteiger partial charge in [0.1, 0.15) is 12.1 Å². The molecular weight excluding hydrogens is 368 g/mol. The molecule has 0 amide bonds. The minimum Gasteiger partial charge on any atom is -0.381 e. The van der Waals surface area contributed by atoms with Crippen LogP contribution >= 0.6 is 0 Å². The normalized spacial score (nSPS) is 15.4. The monoisotopic (exact) mass is 400 g/mol. The average Bonchev–Trinajstić information content (AvgIpc) is 3.30. The Labute approximate surface area is 172 Å². The molecule has 2 aromatic rings. The molecule has 29 heavy (non-hydrogen) atoms. The van der Waals surface area contributed by atoms with E-state index in [1.165, 1.54) is 0 Å². The van der Waals surface area contributed by atoms with Crippen LogP contribution in [0.2, 0.25) is 0 Å². The molecule has 8 nitrogen and oxygen atoms in total. The lowest BCUT2D eigenvalue weighted by molar-refractivity contribution is 0.0203. The fourth-order valence-corrected chi connectivity index (χ4v) is 3.11. The Morgan fingerprint density at radius 1 is 1.31 bits per heavy atom. The predicted molar refractivity (Wildman–Crippen MR) is 113 cm³/mol. The Balaban J connectivity index is 1.36. The number of hydrogen-bond acceptors (Lipinski definition) is 5. The number of imidazole rings is 1. The Bertz CT molecular complexity index is 711. The Morgan fingerprint density at radius 3 is 2.93 bits per heavy atom. The van der Waals surface area contributed by atoms with Gasteiger partial charge in [-0.05, 0) is 43.7 Å². The highest BCUT2D eigenvalue weighted by molar-refractivity contribution is 5.79. The molecule has 0 aliphatic carbocycles. The summed E-state index contributed by atoms with van der Waals surface area (Å²) >= 11 is 0. The first-order chi connectivity index (χ1) is 14.3. The summed E-state index contributed by atoms with van der Waals surface area (Å²) < 4.78 is 13.1. The van der Waals surface area contributed by atoms with Crippen LogP contribution in [-0.4, -0.2) is 60.0 Å². The highest BCUT2D eigenvalue weighted by Gasteiger charge is 2.13. The van der Waals surface area contributed by atoms with Gasteiger partial charge in [0.25, 0.3) is 0 Å². The van der Waals surface area contributed by atoms with E-state index in [4.69, 9.17) is 9.47 Å². The summed E-state index contributed by atoms with van der Waals surface area (Å²) in [6.07, 6.45) is 10.4. The first kappa shape index (κ1) is 21.3. The summed E-state index contributed by atoms with van der Waals surface area (Å²) in [5.74, 6) is 2.32. The highest BCUT2D eigenvalue weighted by Crippen LogP contribution is 2.14. The fraction of sp³-hybridized carbons (Fsp3) is 0.571. The lowest BCUT2D eigenvalue weighted by Crippen LogP contribution is -2.38. The molecular formula is C21H32N6O2. The molecule has 0 unspecified atom stereocenters. The van der Waals surface area contributed by atoms with Crippen LogP contribution in [0, 0.1) is 5.92 Å². The maximum Gasteiger partial charge on any atom is 0.191 e. The Kier molecular flexibility index (Phi) is 8.93. The molecule has 1 aliphatic heterocycles. The summed E-state index contributed by atoms with van der Waals surface area (Å²) in [6, 6.07) is 4.02. The quantitative estimate of drug-likeness (QED) is 0.361. The first-order valence-electron chi connectivity index (χ1n) is 10.5. The molecule has 1 saturated heterocycles. The first-order valence-corrected chi connectivity index (χ1v) is 10.5. The molecule has 3 heterocycles. The molecule has 2 N–H and O–H groups in total. The number of pyridine rings is 1. The summed E-state index contributed by atoms with van der Waals surface area (Å²) in [5, 5.41) is 6.65. The van der Waals surface area contributed by atoms with Crippen LogP contribution in [0.3, 0.4) is 0 Å². The number of nitrogens with one attached hydrogen (secondary N) is 2. The third-order valence-electron chi connectivity index (χ3n) is 4.79. The van der Waals surface area contributed by atoms with Crippen LogP contribution in [0.1, 0.15) is 31.7 Å². The third kappa shape index (κ3) is 7.47. The molecule has 3 rings (SSSR count). The van der Waals surface area contributed by atoms with Crippen molar-refractivity contribution in [3.63, 3.8) is 0 Å². The van der Waals surface area contributed by atoms with Gasteiger partial charge in [-0.25, -0.2) is 15.0 Å². The number of hydrogen-bond donors (Lipinski definition) is 2. The molecule has 0 atom stereocenters. The summed E-state index contributed by atoms with van der Waals surface area (Å²) in [5.41, 5.74) is 1.06. The van der Waals surface area contributed by atoms with Crippen molar-refractivity contribution in [2.24, 2.45) is 10.9 Å². The lowest BCUT2D eigenvalue weighted by Gasteiger charge is -2.21. The SMILES string of the molecule is CCNC(=NCc1ccc(-n2ccnc2)nc1)NCCCOCC1CCOCC1. The van der Waals surface area contributed by atoms with E-state index >= 15 is 0 Å². The van der Waals surface area contributed by atoms with Gasteiger partial charge >= 0.3 is 0 Å². The van der Waals surface area contributed by atoms with Crippen LogP contribution in [0.15, 0.2) is 42.0 Å². The summed E-state index contributed by atoms with van der Waals surface area (Å²) in [6.45, 7) is 7.66. The number of rotatable bonds is 10. The minimum atomic E-state index is 0.576. The summed E-state index contributed by atoms with van der Waals surface area (Å²) in [4.78, 5) is 13.2. The van der Waals surface area contributed by atoms with Gasteiger partial charge in [-0.3, -0.25) is 4.57 Å². The van der Waals surface area contributed by atoms with Crippen LogP contribution in [0.4, 0.5) is 0 Å². The van der Waals surface area contributed by atoms with Crippen molar-refractivity contribution in [3.05, 3.63) is 42.6 Å². The maximum absolute atomic E-state index is 5.82. The Morgan fingerprint density at radius 2 is 2.21 bits per heavy atom. The number of ether oxygens (including phenoxy) is 2. The van der Waals surface area contributed by atoms with Crippen molar-refractivity contribution in [3.8, 4) is 5.82 Å². The van der Waals surface area contributed by atoms with E-state index in [-0.39, 0.29) is 0 Å². The standard InChI is InChI=1S/C21H32N6O2/c1-2-23-21(24-8-3-11-29-16-18-6-12-28-13-7-18)26-15-19-4-5-20(25-14-19)27-10-9-22-17-27/h4-5,9-10,14,17-18H,2-3,6-8,11-13,15-16H2,1H3,(H2,23,24,26). The van der Waals surface area contributed by atoms with Crippen molar-refractivity contribution in [1.29, 1.82) is 0 Å². The summed E-state index contributed by atoms with van der Waals surface area (Å²) in [7, 11) is 0. The van der Waals surface area contributed by atoms with E-state index in [2.05, 4.69) is 32.5 Å². The zero-order chi connectivity index (χ0) is 20.2. The molecule has 158 valence electrons. The van der Waals surface area contributed by atoms with Gasteiger partial charge in [0.15, 0.2) is 5.96 Å². The molecule has 8 heteroatoms. The third-order valence-corrected chi connectivity index (χ3v) is 4.79. The van der Waals surface area contributed by atoms with E-state index in [0.717, 1.165) is 76.1 Å². The highest BCUT2D eigenvalue weighted by atomic mass is 16.5. The van der Waals surface area contributed by atoms with Crippen molar-refractivity contribution in [2.75, 3.05) is 39.5 Å². The molecule has 0 aromatic carbocycles. The van der Waals surface area contributed by atoms with Crippen LogP contribution in [0.5, 0.6) is 0 Å². The second-order valence-electron chi connectivity index (χ2n) is 7.10. The zero-order valence-electron chi connectivity index (χ0n) is 17.2. The second kappa shape index (κ2) is 12.2. The molecule has 0 spiro atoms. The van der Waals surface area contributed by atoms with E-state index in [1.807, 2.05) is 29.1 Å². The smallest absolute Gasteiger partial charge is 0.191 e. The second-order valence-corrected chi connectivity index (χ2v) is 7.10. The van der Waals surface area contributed by atoms with Crippen molar-refractivity contribution >= 4 is 5.96 Å². The van der Waals surface area contributed by atoms with Crippen molar-refractivity contribution in [1.82, 2.24) is 25.2 Å². The van der Waals surface area contributed by atoms with E-state index in [0.29, 0.717) is 12.5 Å². The van der Waals surface area contributed by atoms with Crippen LogP contribution in [-0.2, 0) is 16.0 Å².